The van der Waals surface area contributed by atoms with Crippen LogP contribution in [0.25, 0.3) is 0 Å². The third kappa shape index (κ3) is 2.99. The second-order valence-electron chi connectivity index (χ2n) is 2.94. The second-order valence-corrected chi connectivity index (χ2v) is 3.73. The van der Waals surface area contributed by atoms with Gasteiger partial charge in [-0.25, -0.2) is 0 Å². The topological polar surface area (TPSA) is 16.4 Å². The van der Waals surface area contributed by atoms with Crippen LogP contribution in [0.5, 0.6) is 0 Å². The number of furan rings is 1. The van der Waals surface area contributed by atoms with E-state index in [1.807, 2.05) is 19.1 Å². The second kappa shape index (κ2) is 4.67. The Kier molecular flexibility index (Phi) is 3.82. The smallest absolute Gasteiger partial charge is 0.118 e. The molecule has 0 aromatic carbocycles. The highest BCUT2D eigenvalue weighted by atomic mass is 79.9. The third-order valence-corrected chi connectivity index (χ3v) is 2.04. The molecule has 1 aromatic heterocycles. The molecule has 1 aromatic rings. The molecule has 0 aliphatic heterocycles. The number of aryl methyl sites for hydroxylation is 1. The van der Waals surface area contributed by atoms with Crippen LogP contribution in [-0.4, -0.2) is 23.8 Å². The van der Waals surface area contributed by atoms with E-state index >= 15 is 0 Å². The van der Waals surface area contributed by atoms with Gasteiger partial charge in [0.2, 0.25) is 0 Å². The van der Waals surface area contributed by atoms with Gasteiger partial charge in [0.1, 0.15) is 11.5 Å². The first-order chi connectivity index (χ1) is 5.72. The van der Waals surface area contributed by atoms with E-state index in [0.29, 0.717) is 0 Å². The molecule has 0 saturated heterocycles. The van der Waals surface area contributed by atoms with Crippen LogP contribution < -0.4 is 0 Å². The van der Waals surface area contributed by atoms with Crippen molar-refractivity contribution in [2.24, 2.45) is 0 Å². The molecule has 0 fully saturated rings. The van der Waals surface area contributed by atoms with Crippen molar-refractivity contribution in [2.75, 3.05) is 18.9 Å². The maximum atomic E-state index is 5.44. The first kappa shape index (κ1) is 9.81. The van der Waals surface area contributed by atoms with Crippen molar-refractivity contribution >= 4 is 15.9 Å². The summed E-state index contributed by atoms with van der Waals surface area (Å²) in [6.07, 6.45) is 0. The van der Waals surface area contributed by atoms with E-state index in [9.17, 15) is 0 Å². The zero-order valence-corrected chi connectivity index (χ0v) is 9.10. The summed E-state index contributed by atoms with van der Waals surface area (Å²) in [6, 6.07) is 4.03. The molecule has 2 nitrogen and oxygen atoms in total. The Balaban J connectivity index is 2.41. The molecule has 0 aliphatic rings. The molecule has 0 aliphatic carbocycles. The summed E-state index contributed by atoms with van der Waals surface area (Å²) >= 11 is 3.40. The van der Waals surface area contributed by atoms with Gasteiger partial charge < -0.3 is 4.42 Å². The van der Waals surface area contributed by atoms with Crippen molar-refractivity contribution in [3.05, 3.63) is 23.7 Å². The van der Waals surface area contributed by atoms with Crippen LogP contribution >= 0.6 is 15.9 Å². The van der Waals surface area contributed by atoms with Gasteiger partial charge in [0.15, 0.2) is 0 Å². The minimum atomic E-state index is 0.888. The number of alkyl halides is 1. The lowest BCUT2D eigenvalue weighted by atomic mass is 10.4. The summed E-state index contributed by atoms with van der Waals surface area (Å²) in [5, 5.41) is 1.00. The van der Waals surface area contributed by atoms with Crippen LogP contribution in [-0.2, 0) is 6.54 Å². The number of hydrogen-bond donors (Lipinski definition) is 0. The monoisotopic (exact) mass is 231 g/mol. The standard InChI is InChI=1S/C9H14BrNO/c1-8-3-4-9(12-8)7-11(2)6-5-10/h3-4H,5-7H2,1-2H3. The molecule has 3 heteroatoms. The zero-order chi connectivity index (χ0) is 8.97. The van der Waals surface area contributed by atoms with Crippen LogP contribution in [0.15, 0.2) is 16.5 Å². The largest absolute Gasteiger partial charge is 0.465 e. The maximum Gasteiger partial charge on any atom is 0.118 e. The van der Waals surface area contributed by atoms with E-state index in [4.69, 9.17) is 4.42 Å². The molecule has 1 heterocycles. The summed E-state index contributed by atoms with van der Waals surface area (Å²) in [7, 11) is 2.08. The molecular formula is C9H14BrNO. The number of nitrogens with zero attached hydrogens (tertiary/aromatic N) is 1. The van der Waals surface area contributed by atoms with Crippen molar-refractivity contribution in [2.45, 2.75) is 13.5 Å². The Morgan fingerprint density at radius 3 is 2.75 bits per heavy atom. The summed E-state index contributed by atoms with van der Waals surface area (Å²) in [5.74, 6) is 2.02. The molecule has 0 amide bonds. The van der Waals surface area contributed by atoms with E-state index in [2.05, 4.69) is 27.9 Å². The van der Waals surface area contributed by atoms with Gasteiger partial charge in [0.05, 0.1) is 6.54 Å². The molecule has 0 N–H and O–H groups in total. The third-order valence-electron chi connectivity index (χ3n) is 1.69. The highest BCUT2D eigenvalue weighted by Crippen LogP contribution is 2.08. The Morgan fingerprint density at radius 2 is 2.25 bits per heavy atom. The summed E-state index contributed by atoms with van der Waals surface area (Å²) in [6.45, 7) is 3.90. The normalized spacial score (nSPS) is 11.0. The summed E-state index contributed by atoms with van der Waals surface area (Å²) < 4.78 is 5.44. The minimum absolute atomic E-state index is 0.888. The molecule has 68 valence electrons. The molecule has 0 radical (unpaired) electrons. The predicted molar refractivity (Wildman–Crippen MR) is 53.6 cm³/mol. The fourth-order valence-corrected chi connectivity index (χ4v) is 1.66. The predicted octanol–water partition coefficient (Wildman–Crippen LogP) is 2.41. The van der Waals surface area contributed by atoms with Crippen LogP contribution in [0.3, 0.4) is 0 Å². The number of hydrogen-bond acceptors (Lipinski definition) is 2. The van der Waals surface area contributed by atoms with Crippen molar-refractivity contribution in [3.8, 4) is 0 Å². The Hall–Kier alpha value is -0.280. The van der Waals surface area contributed by atoms with Gasteiger partial charge in [-0.1, -0.05) is 15.9 Å². The van der Waals surface area contributed by atoms with E-state index in [0.717, 1.165) is 29.9 Å². The van der Waals surface area contributed by atoms with Crippen LogP contribution in [0.1, 0.15) is 11.5 Å². The van der Waals surface area contributed by atoms with Gasteiger partial charge in [0, 0.05) is 11.9 Å². The highest BCUT2D eigenvalue weighted by molar-refractivity contribution is 9.09. The van der Waals surface area contributed by atoms with Crippen LogP contribution in [0.2, 0.25) is 0 Å². The van der Waals surface area contributed by atoms with Gasteiger partial charge in [-0.3, -0.25) is 4.90 Å². The zero-order valence-electron chi connectivity index (χ0n) is 7.51. The minimum Gasteiger partial charge on any atom is -0.465 e. The van der Waals surface area contributed by atoms with Crippen LogP contribution in [0.4, 0.5) is 0 Å². The maximum absolute atomic E-state index is 5.44. The molecule has 12 heavy (non-hydrogen) atoms. The number of halogens is 1. The Morgan fingerprint density at radius 1 is 1.50 bits per heavy atom. The molecule has 0 unspecified atom stereocenters. The average Bonchev–Trinajstić information content (AvgIpc) is 2.36. The fraction of sp³-hybridized carbons (Fsp3) is 0.556. The van der Waals surface area contributed by atoms with Crippen molar-refractivity contribution < 1.29 is 4.42 Å². The molecule has 1 rings (SSSR count). The summed E-state index contributed by atoms with van der Waals surface area (Å²) in [5.41, 5.74) is 0. The van der Waals surface area contributed by atoms with E-state index in [-0.39, 0.29) is 0 Å². The van der Waals surface area contributed by atoms with E-state index in [1.165, 1.54) is 0 Å². The Bertz CT molecular complexity index is 234. The highest BCUT2D eigenvalue weighted by Gasteiger charge is 2.02. The van der Waals surface area contributed by atoms with Crippen molar-refractivity contribution in [1.82, 2.24) is 4.90 Å². The lowest BCUT2D eigenvalue weighted by Crippen LogP contribution is -2.19. The summed E-state index contributed by atoms with van der Waals surface area (Å²) in [4.78, 5) is 2.22. The van der Waals surface area contributed by atoms with Crippen molar-refractivity contribution in [1.29, 1.82) is 0 Å². The lowest BCUT2D eigenvalue weighted by molar-refractivity contribution is 0.309. The van der Waals surface area contributed by atoms with Gasteiger partial charge in [-0.05, 0) is 26.1 Å². The Labute approximate surface area is 81.7 Å². The SMILES string of the molecule is Cc1ccc(CN(C)CCBr)o1. The molecule has 0 bridgehead atoms. The van der Waals surface area contributed by atoms with Crippen LogP contribution in [0, 0.1) is 6.92 Å². The average molecular weight is 232 g/mol. The van der Waals surface area contributed by atoms with Gasteiger partial charge in [-0.2, -0.15) is 0 Å². The molecule has 0 saturated carbocycles. The first-order valence-electron chi connectivity index (χ1n) is 4.02. The van der Waals surface area contributed by atoms with Gasteiger partial charge in [-0.15, -0.1) is 0 Å². The quantitative estimate of drug-likeness (QED) is 0.741. The molecule has 0 atom stereocenters. The fourth-order valence-electron chi connectivity index (χ4n) is 1.06. The first-order valence-corrected chi connectivity index (χ1v) is 5.14. The van der Waals surface area contributed by atoms with Gasteiger partial charge >= 0.3 is 0 Å². The van der Waals surface area contributed by atoms with Gasteiger partial charge in [0.25, 0.3) is 0 Å². The number of rotatable bonds is 4. The van der Waals surface area contributed by atoms with E-state index in [1.54, 1.807) is 0 Å². The molecule has 0 spiro atoms. The van der Waals surface area contributed by atoms with E-state index < -0.39 is 0 Å². The molecular weight excluding hydrogens is 218 g/mol. The van der Waals surface area contributed by atoms with Crippen molar-refractivity contribution in [3.63, 3.8) is 0 Å². The lowest BCUT2D eigenvalue weighted by Gasteiger charge is -2.12.